The molecule has 0 radical (unpaired) electrons. The quantitative estimate of drug-likeness (QED) is 0.935. The first-order valence-corrected chi connectivity index (χ1v) is 7.82. The molecule has 4 heteroatoms. The lowest BCUT2D eigenvalue weighted by Gasteiger charge is -2.17. The molecule has 1 aliphatic heterocycles. The third kappa shape index (κ3) is 3.22. The number of nitrogens with one attached hydrogen (secondary N) is 1. The minimum atomic E-state index is -0.108. The molecule has 0 aliphatic carbocycles. The summed E-state index contributed by atoms with van der Waals surface area (Å²) in [6.07, 6.45) is 2.53. The molecule has 3 rings (SSSR count). The predicted molar refractivity (Wildman–Crippen MR) is 87.1 cm³/mol. The van der Waals surface area contributed by atoms with Crippen LogP contribution in [0.15, 0.2) is 34.7 Å². The lowest BCUT2D eigenvalue weighted by atomic mass is 10.1. The van der Waals surface area contributed by atoms with Crippen LogP contribution < -0.4 is 5.32 Å². The molecule has 1 aromatic carbocycles. The summed E-state index contributed by atoms with van der Waals surface area (Å²) < 4.78 is 5.44. The number of aryl methyl sites for hydroxylation is 2. The van der Waals surface area contributed by atoms with Crippen molar-refractivity contribution < 1.29 is 9.21 Å². The van der Waals surface area contributed by atoms with Crippen LogP contribution in [0.1, 0.15) is 40.3 Å². The number of furan rings is 1. The summed E-state index contributed by atoms with van der Waals surface area (Å²) in [6.45, 7) is 6.84. The summed E-state index contributed by atoms with van der Waals surface area (Å²) in [5, 5.41) is 3.03. The molecule has 2 aromatic rings. The molecular formula is C18H22N2O2. The number of para-hydroxylation sites is 1. The Kier molecular flexibility index (Phi) is 4.29. The first-order valence-electron chi connectivity index (χ1n) is 7.82. The number of benzene rings is 1. The fraction of sp³-hybridized carbons (Fsp3) is 0.389. The molecule has 1 amide bonds. The third-order valence-corrected chi connectivity index (χ3v) is 4.14. The highest BCUT2D eigenvalue weighted by molar-refractivity contribution is 6.05. The summed E-state index contributed by atoms with van der Waals surface area (Å²) in [5.74, 6) is 1.31. The van der Waals surface area contributed by atoms with Crippen molar-refractivity contribution in [3.05, 3.63) is 53.0 Å². The monoisotopic (exact) mass is 298 g/mol. The molecule has 1 N–H and O–H groups in total. The second-order valence-electron chi connectivity index (χ2n) is 5.92. The van der Waals surface area contributed by atoms with E-state index in [1.807, 2.05) is 32.0 Å². The van der Waals surface area contributed by atoms with Crippen LogP contribution in [0.25, 0.3) is 0 Å². The average molecular weight is 298 g/mol. The number of nitrogens with zero attached hydrogens (tertiary/aromatic N) is 1. The number of carbonyl (C=O) groups excluding carboxylic acids is 1. The van der Waals surface area contributed by atoms with Crippen LogP contribution in [-0.4, -0.2) is 23.9 Å². The van der Waals surface area contributed by atoms with Crippen molar-refractivity contribution in [2.45, 2.75) is 33.2 Å². The predicted octanol–water partition coefficient (Wildman–Crippen LogP) is 3.74. The molecule has 1 aliphatic rings. The molecule has 2 heterocycles. The SMILES string of the molecule is Cc1cc(C(=O)Nc2ccccc2CN2CCCC2)c(C)o1. The summed E-state index contributed by atoms with van der Waals surface area (Å²) in [5.41, 5.74) is 2.65. The standard InChI is InChI=1S/C18H22N2O2/c1-13-11-16(14(2)22-13)18(21)19-17-8-4-3-7-15(17)12-20-9-5-6-10-20/h3-4,7-8,11H,5-6,9-10,12H2,1-2H3,(H,19,21). The molecule has 1 aromatic heterocycles. The number of likely N-dealkylation sites (tertiary alicyclic amines) is 1. The van der Waals surface area contributed by atoms with E-state index in [2.05, 4.69) is 16.3 Å². The van der Waals surface area contributed by atoms with Crippen molar-refractivity contribution in [2.24, 2.45) is 0 Å². The van der Waals surface area contributed by atoms with Gasteiger partial charge in [0.2, 0.25) is 0 Å². The highest BCUT2D eigenvalue weighted by Gasteiger charge is 2.17. The van der Waals surface area contributed by atoms with E-state index in [0.717, 1.165) is 36.6 Å². The minimum absolute atomic E-state index is 0.108. The summed E-state index contributed by atoms with van der Waals surface area (Å²) >= 11 is 0. The third-order valence-electron chi connectivity index (χ3n) is 4.14. The van der Waals surface area contributed by atoms with Crippen LogP contribution in [-0.2, 0) is 6.54 Å². The van der Waals surface area contributed by atoms with Crippen molar-refractivity contribution in [1.82, 2.24) is 4.90 Å². The maximum absolute atomic E-state index is 12.5. The van der Waals surface area contributed by atoms with Crippen LogP contribution in [0.4, 0.5) is 5.69 Å². The van der Waals surface area contributed by atoms with Gasteiger partial charge in [0.05, 0.1) is 5.56 Å². The highest BCUT2D eigenvalue weighted by atomic mass is 16.3. The van der Waals surface area contributed by atoms with Gasteiger partial charge in [-0.1, -0.05) is 18.2 Å². The molecule has 1 fully saturated rings. The van der Waals surface area contributed by atoms with Crippen LogP contribution >= 0.6 is 0 Å². The molecule has 0 unspecified atom stereocenters. The molecule has 22 heavy (non-hydrogen) atoms. The Balaban J connectivity index is 1.77. The second-order valence-corrected chi connectivity index (χ2v) is 5.92. The Labute approximate surface area is 131 Å². The zero-order valence-electron chi connectivity index (χ0n) is 13.2. The normalized spacial score (nSPS) is 15.2. The van der Waals surface area contributed by atoms with E-state index in [0.29, 0.717) is 11.3 Å². The van der Waals surface area contributed by atoms with Gasteiger partial charge in [-0.25, -0.2) is 0 Å². The van der Waals surface area contributed by atoms with Crippen molar-refractivity contribution in [3.8, 4) is 0 Å². The van der Waals surface area contributed by atoms with Crippen molar-refractivity contribution in [3.63, 3.8) is 0 Å². The Hall–Kier alpha value is -2.07. The number of hydrogen-bond acceptors (Lipinski definition) is 3. The Morgan fingerprint density at radius 2 is 1.95 bits per heavy atom. The maximum atomic E-state index is 12.5. The maximum Gasteiger partial charge on any atom is 0.259 e. The van der Waals surface area contributed by atoms with Crippen LogP contribution in [0.5, 0.6) is 0 Å². The lowest BCUT2D eigenvalue weighted by Crippen LogP contribution is -2.20. The van der Waals surface area contributed by atoms with E-state index < -0.39 is 0 Å². The van der Waals surface area contributed by atoms with Crippen LogP contribution in [0.3, 0.4) is 0 Å². The number of carbonyl (C=O) groups is 1. The van der Waals surface area contributed by atoms with Gasteiger partial charge in [-0.3, -0.25) is 9.69 Å². The van der Waals surface area contributed by atoms with Crippen molar-refractivity contribution in [2.75, 3.05) is 18.4 Å². The number of anilines is 1. The highest BCUT2D eigenvalue weighted by Crippen LogP contribution is 2.22. The fourth-order valence-electron chi connectivity index (χ4n) is 3.01. The Morgan fingerprint density at radius 3 is 2.64 bits per heavy atom. The van der Waals surface area contributed by atoms with E-state index in [1.165, 1.54) is 12.8 Å². The number of rotatable bonds is 4. The van der Waals surface area contributed by atoms with Crippen molar-refractivity contribution >= 4 is 11.6 Å². The molecule has 0 bridgehead atoms. The van der Waals surface area contributed by atoms with E-state index >= 15 is 0 Å². The zero-order chi connectivity index (χ0) is 15.5. The van der Waals surface area contributed by atoms with Gasteiger partial charge >= 0.3 is 0 Å². The summed E-state index contributed by atoms with van der Waals surface area (Å²) in [4.78, 5) is 14.9. The van der Waals surface area contributed by atoms with E-state index in [9.17, 15) is 4.79 Å². The van der Waals surface area contributed by atoms with Gasteiger partial charge in [-0.05, 0) is 57.5 Å². The lowest BCUT2D eigenvalue weighted by molar-refractivity contribution is 0.102. The van der Waals surface area contributed by atoms with E-state index in [1.54, 1.807) is 6.07 Å². The van der Waals surface area contributed by atoms with Gasteiger partial charge in [-0.15, -0.1) is 0 Å². The molecule has 0 atom stereocenters. The Bertz CT molecular complexity index is 669. The second kappa shape index (κ2) is 6.36. The largest absolute Gasteiger partial charge is 0.466 e. The minimum Gasteiger partial charge on any atom is -0.466 e. The molecular weight excluding hydrogens is 276 g/mol. The van der Waals surface area contributed by atoms with Gasteiger partial charge in [-0.2, -0.15) is 0 Å². The van der Waals surface area contributed by atoms with Gasteiger partial charge in [0.25, 0.3) is 5.91 Å². The summed E-state index contributed by atoms with van der Waals surface area (Å²) in [6, 6.07) is 9.81. The van der Waals surface area contributed by atoms with E-state index in [-0.39, 0.29) is 5.91 Å². The number of amides is 1. The van der Waals surface area contributed by atoms with Gasteiger partial charge in [0.15, 0.2) is 0 Å². The van der Waals surface area contributed by atoms with Gasteiger partial charge in [0.1, 0.15) is 11.5 Å². The number of hydrogen-bond donors (Lipinski definition) is 1. The fourth-order valence-corrected chi connectivity index (χ4v) is 3.01. The van der Waals surface area contributed by atoms with Crippen molar-refractivity contribution in [1.29, 1.82) is 0 Å². The molecule has 0 spiro atoms. The topological polar surface area (TPSA) is 45.5 Å². The van der Waals surface area contributed by atoms with Gasteiger partial charge < -0.3 is 9.73 Å². The average Bonchev–Trinajstić information content (AvgIpc) is 3.10. The van der Waals surface area contributed by atoms with Crippen LogP contribution in [0.2, 0.25) is 0 Å². The molecule has 0 saturated carbocycles. The molecule has 116 valence electrons. The van der Waals surface area contributed by atoms with E-state index in [4.69, 9.17) is 4.42 Å². The van der Waals surface area contributed by atoms with Gasteiger partial charge in [0, 0.05) is 12.2 Å². The Morgan fingerprint density at radius 1 is 1.23 bits per heavy atom. The first-order chi connectivity index (χ1) is 10.6. The summed E-state index contributed by atoms with van der Waals surface area (Å²) in [7, 11) is 0. The molecule has 4 nitrogen and oxygen atoms in total. The first kappa shape index (κ1) is 14.9. The van der Waals surface area contributed by atoms with Crippen LogP contribution in [0, 0.1) is 13.8 Å². The zero-order valence-corrected chi connectivity index (χ0v) is 13.2. The smallest absolute Gasteiger partial charge is 0.259 e. The molecule has 1 saturated heterocycles.